The third kappa shape index (κ3) is 3.99. The quantitative estimate of drug-likeness (QED) is 0.830. The van der Waals surface area contributed by atoms with Crippen molar-refractivity contribution in [2.45, 2.75) is 52.5 Å². The van der Waals surface area contributed by atoms with E-state index in [0.717, 1.165) is 24.8 Å². The van der Waals surface area contributed by atoms with E-state index in [1.165, 1.54) is 4.90 Å². The minimum atomic E-state index is -0.910. The third-order valence-corrected chi connectivity index (χ3v) is 5.75. The Labute approximate surface area is 159 Å². The van der Waals surface area contributed by atoms with Crippen LogP contribution in [0.3, 0.4) is 0 Å². The van der Waals surface area contributed by atoms with Gasteiger partial charge in [-0.3, -0.25) is 9.59 Å². The minimum Gasteiger partial charge on any atom is -0.480 e. The van der Waals surface area contributed by atoms with Crippen molar-refractivity contribution in [3.63, 3.8) is 0 Å². The van der Waals surface area contributed by atoms with Crippen molar-refractivity contribution in [2.75, 3.05) is 11.9 Å². The van der Waals surface area contributed by atoms with E-state index in [9.17, 15) is 19.5 Å². The minimum absolute atomic E-state index is 0.0505. The number of aliphatic carboxylic acids is 1. The van der Waals surface area contributed by atoms with Crippen LogP contribution in [0.2, 0.25) is 0 Å². The molecule has 0 bridgehead atoms. The average Bonchev–Trinajstić information content (AvgIpc) is 3.15. The number of benzene rings is 1. The first-order chi connectivity index (χ1) is 12.8. The van der Waals surface area contributed by atoms with Crippen LogP contribution in [0, 0.1) is 24.7 Å². The number of hydrogen-bond acceptors (Lipinski definition) is 3. The first-order valence-corrected chi connectivity index (χ1v) is 9.72. The monoisotopic (exact) mass is 372 g/mol. The number of carbonyl (C=O) groups excluding carboxylic acids is 2. The maximum absolute atomic E-state index is 13.0. The Morgan fingerprint density at radius 1 is 1.26 bits per heavy atom. The summed E-state index contributed by atoms with van der Waals surface area (Å²) in [6, 6.07) is 4.41. The Bertz CT molecular complexity index is 759. The second-order valence-corrected chi connectivity index (χ2v) is 8.27. The molecule has 146 valence electrons. The third-order valence-electron chi connectivity index (χ3n) is 5.75. The first kappa shape index (κ1) is 19.4. The van der Waals surface area contributed by atoms with E-state index in [2.05, 4.69) is 5.32 Å². The van der Waals surface area contributed by atoms with Gasteiger partial charge in [0.2, 0.25) is 5.91 Å². The number of rotatable bonds is 5. The van der Waals surface area contributed by atoms with Crippen LogP contribution >= 0.6 is 0 Å². The van der Waals surface area contributed by atoms with Crippen LogP contribution in [-0.2, 0) is 9.59 Å². The first-order valence-electron chi connectivity index (χ1n) is 9.72. The molecule has 1 heterocycles. The van der Waals surface area contributed by atoms with Crippen LogP contribution in [0.1, 0.15) is 55.5 Å². The Kier molecular flexibility index (Phi) is 5.53. The predicted molar refractivity (Wildman–Crippen MR) is 103 cm³/mol. The standard InChI is InChI=1S/C21H28N2O4/c1-12(2)9-18(24)22-17-8-7-14(10-13(17)3)20(25)23-11-15-5-4-6-16(15)19(23)21(26)27/h7-8,10,12,15-16,19H,4-6,9,11H2,1-3H3,(H,22,24)(H,26,27). The van der Waals surface area contributed by atoms with Gasteiger partial charge in [0.15, 0.2) is 0 Å². The molecule has 6 nitrogen and oxygen atoms in total. The highest BCUT2D eigenvalue weighted by Gasteiger charge is 2.49. The summed E-state index contributed by atoms with van der Waals surface area (Å²) in [4.78, 5) is 38.3. The molecule has 1 aromatic carbocycles. The lowest BCUT2D eigenvalue weighted by Gasteiger charge is -2.24. The Morgan fingerprint density at radius 2 is 2.00 bits per heavy atom. The largest absolute Gasteiger partial charge is 0.480 e. The van der Waals surface area contributed by atoms with Crippen molar-refractivity contribution < 1.29 is 19.5 Å². The van der Waals surface area contributed by atoms with E-state index < -0.39 is 12.0 Å². The lowest BCUT2D eigenvalue weighted by molar-refractivity contribution is -0.142. The summed E-state index contributed by atoms with van der Waals surface area (Å²) in [5, 5.41) is 12.5. The Hall–Kier alpha value is -2.37. The number of likely N-dealkylation sites (tertiary alicyclic amines) is 1. The smallest absolute Gasteiger partial charge is 0.326 e. The SMILES string of the molecule is Cc1cc(C(=O)N2CC3CCCC3C2C(=O)O)ccc1NC(=O)CC(C)C. The maximum atomic E-state index is 13.0. The Balaban J connectivity index is 1.76. The molecule has 0 radical (unpaired) electrons. The zero-order valence-electron chi connectivity index (χ0n) is 16.2. The van der Waals surface area contributed by atoms with Crippen molar-refractivity contribution in [1.29, 1.82) is 0 Å². The molecule has 6 heteroatoms. The van der Waals surface area contributed by atoms with Crippen molar-refractivity contribution in [1.82, 2.24) is 4.90 Å². The number of carboxylic acids is 1. The molecule has 1 saturated heterocycles. The van der Waals surface area contributed by atoms with E-state index in [-0.39, 0.29) is 23.7 Å². The van der Waals surface area contributed by atoms with Gasteiger partial charge in [-0.25, -0.2) is 4.79 Å². The molecule has 2 fully saturated rings. The zero-order chi connectivity index (χ0) is 19.7. The summed E-state index contributed by atoms with van der Waals surface area (Å²) in [6.45, 7) is 6.33. The molecule has 1 aromatic rings. The van der Waals surface area contributed by atoms with Gasteiger partial charge >= 0.3 is 5.97 Å². The van der Waals surface area contributed by atoms with Crippen LogP contribution < -0.4 is 5.32 Å². The summed E-state index contributed by atoms with van der Waals surface area (Å²) in [7, 11) is 0. The summed E-state index contributed by atoms with van der Waals surface area (Å²) in [6.07, 6.45) is 3.37. The molecule has 2 aliphatic rings. The van der Waals surface area contributed by atoms with Crippen LogP contribution in [-0.4, -0.2) is 40.4 Å². The van der Waals surface area contributed by atoms with Gasteiger partial charge in [0.1, 0.15) is 6.04 Å². The van der Waals surface area contributed by atoms with Crippen LogP contribution in [0.5, 0.6) is 0 Å². The molecule has 0 spiro atoms. The van der Waals surface area contributed by atoms with Crippen molar-refractivity contribution in [3.05, 3.63) is 29.3 Å². The van der Waals surface area contributed by atoms with Gasteiger partial charge in [-0.1, -0.05) is 20.3 Å². The fraction of sp³-hybridized carbons (Fsp3) is 0.571. The van der Waals surface area contributed by atoms with Gasteiger partial charge in [-0.15, -0.1) is 0 Å². The molecule has 1 saturated carbocycles. The molecule has 0 aromatic heterocycles. The fourth-order valence-electron chi connectivity index (χ4n) is 4.51. The van der Waals surface area contributed by atoms with Gasteiger partial charge in [0.25, 0.3) is 5.91 Å². The van der Waals surface area contributed by atoms with E-state index in [4.69, 9.17) is 0 Å². The van der Waals surface area contributed by atoms with E-state index in [1.54, 1.807) is 18.2 Å². The normalized spacial score (nSPS) is 24.1. The Morgan fingerprint density at radius 3 is 2.63 bits per heavy atom. The predicted octanol–water partition coefficient (Wildman–Crippen LogP) is 3.30. The van der Waals surface area contributed by atoms with Crippen LogP contribution in [0.25, 0.3) is 0 Å². The lowest BCUT2D eigenvalue weighted by Crippen LogP contribution is -2.43. The van der Waals surface area contributed by atoms with Crippen molar-refractivity contribution in [2.24, 2.45) is 17.8 Å². The number of nitrogens with zero attached hydrogens (tertiary/aromatic N) is 1. The van der Waals surface area contributed by atoms with Gasteiger partial charge in [-0.2, -0.15) is 0 Å². The number of carboxylic acid groups (broad SMARTS) is 1. The van der Waals surface area contributed by atoms with Crippen LogP contribution in [0.15, 0.2) is 18.2 Å². The molecular formula is C21H28N2O4. The molecule has 3 rings (SSSR count). The van der Waals surface area contributed by atoms with Crippen LogP contribution in [0.4, 0.5) is 5.69 Å². The van der Waals surface area contributed by atoms with Gasteiger partial charge in [-0.05, 0) is 61.3 Å². The molecule has 3 atom stereocenters. The highest BCUT2D eigenvalue weighted by atomic mass is 16.4. The molecule has 1 aliphatic heterocycles. The number of anilines is 1. The second kappa shape index (κ2) is 7.71. The number of fused-ring (bicyclic) bond motifs is 1. The highest BCUT2D eigenvalue weighted by molar-refractivity contribution is 5.98. The van der Waals surface area contributed by atoms with Gasteiger partial charge < -0.3 is 15.3 Å². The molecule has 1 aliphatic carbocycles. The number of aryl methyl sites for hydroxylation is 1. The molecule has 27 heavy (non-hydrogen) atoms. The summed E-state index contributed by atoms with van der Waals surface area (Å²) in [5.74, 6) is -0.556. The van der Waals surface area contributed by atoms with Gasteiger partial charge in [0, 0.05) is 24.2 Å². The number of hydrogen-bond donors (Lipinski definition) is 2. The van der Waals surface area contributed by atoms with E-state index in [1.807, 2.05) is 20.8 Å². The number of nitrogens with one attached hydrogen (secondary N) is 1. The van der Waals surface area contributed by atoms with Crippen molar-refractivity contribution in [3.8, 4) is 0 Å². The topological polar surface area (TPSA) is 86.7 Å². The fourth-order valence-corrected chi connectivity index (χ4v) is 4.51. The lowest BCUT2D eigenvalue weighted by atomic mass is 9.94. The molecule has 2 N–H and O–H groups in total. The molecule has 2 amide bonds. The number of amides is 2. The zero-order valence-corrected chi connectivity index (χ0v) is 16.2. The molecule has 3 unspecified atom stereocenters. The van der Waals surface area contributed by atoms with E-state index in [0.29, 0.717) is 30.1 Å². The van der Waals surface area contributed by atoms with Gasteiger partial charge in [0.05, 0.1) is 0 Å². The second-order valence-electron chi connectivity index (χ2n) is 8.27. The summed E-state index contributed by atoms with van der Waals surface area (Å²) in [5.41, 5.74) is 1.95. The van der Waals surface area contributed by atoms with E-state index >= 15 is 0 Å². The highest BCUT2D eigenvalue weighted by Crippen LogP contribution is 2.42. The number of carbonyl (C=O) groups is 3. The van der Waals surface area contributed by atoms with Crippen molar-refractivity contribution >= 4 is 23.5 Å². The molecular weight excluding hydrogens is 344 g/mol. The maximum Gasteiger partial charge on any atom is 0.326 e. The summed E-state index contributed by atoms with van der Waals surface area (Å²) < 4.78 is 0. The summed E-state index contributed by atoms with van der Waals surface area (Å²) >= 11 is 0. The average molecular weight is 372 g/mol.